The zero-order valence-corrected chi connectivity index (χ0v) is 17.8. The molecule has 8 heteroatoms. The van der Waals surface area contributed by atoms with Gasteiger partial charge in [0.2, 0.25) is 0 Å². The Kier molecular flexibility index (Phi) is 7.91. The number of fused-ring (bicyclic) bond motifs is 1. The molecule has 0 atom stereocenters. The predicted molar refractivity (Wildman–Crippen MR) is 116 cm³/mol. The number of carbonyl (C=O) groups is 2. The SMILES string of the molecule is CCNC(=NCc1ccccc1F)NCCN1C(=O)c2ccccc2C1=O.I. The van der Waals surface area contributed by atoms with Gasteiger partial charge in [-0.25, -0.2) is 9.38 Å². The molecule has 6 nitrogen and oxygen atoms in total. The minimum atomic E-state index is -0.303. The first-order valence-electron chi connectivity index (χ1n) is 8.82. The van der Waals surface area contributed by atoms with Crippen molar-refractivity contribution in [2.75, 3.05) is 19.6 Å². The number of nitrogens with one attached hydrogen (secondary N) is 2. The summed E-state index contributed by atoms with van der Waals surface area (Å²) in [4.78, 5) is 30.3. The molecule has 28 heavy (non-hydrogen) atoms. The number of hydrogen-bond donors (Lipinski definition) is 2. The second kappa shape index (κ2) is 10.2. The van der Waals surface area contributed by atoms with Crippen molar-refractivity contribution in [1.82, 2.24) is 15.5 Å². The number of guanidine groups is 1. The molecule has 2 aromatic rings. The minimum Gasteiger partial charge on any atom is -0.357 e. The van der Waals surface area contributed by atoms with Gasteiger partial charge in [0, 0.05) is 25.2 Å². The van der Waals surface area contributed by atoms with E-state index in [1.54, 1.807) is 42.5 Å². The Hall–Kier alpha value is -2.49. The second-order valence-corrected chi connectivity index (χ2v) is 6.02. The summed E-state index contributed by atoms with van der Waals surface area (Å²) in [5.41, 5.74) is 1.36. The van der Waals surface area contributed by atoms with E-state index in [1.165, 1.54) is 11.0 Å². The van der Waals surface area contributed by atoms with Gasteiger partial charge in [0.25, 0.3) is 11.8 Å². The van der Waals surface area contributed by atoms with Gasteiger partial charge in [0.05, 0.1) is 17.7 Å². The molecule has 2 amide bonds. The number of carbonyl (C=O) groups excluding carboxylic acids is 2. The van der Waals surface area contributed by atoms with E-state index in [0.717, 1.165) is 0 Å². The van der Waals surface area contributed by atoms with Crippen molar-refractivity contribution in [2.24, 2.45) is 4.99 Å². The molecular weight excluding hydrogens is 474 g/mol. The van der Waals surface area contributed by atoms with Gasteiger partial charge in [-0.15, -0.1) is 24.0 Å². The highest BCUT2D eigenvalue weighted by atomic mass is 127. The minimum absolute atomic E-state index is 0. The Balaban J connectivity index is 0.00000280. The number of hydrogen-bond acceptors (Lipinski definition) is 3. The summed E-state index contributed by atoms with van der Waals surface area (Å²) in [6, 6.07) is 13.3. The lowest BCUT2D eigenvalue weighted by Gasteiger charge is -2.16. The average molecular weight is 496 g/mol. The van der Waals surface area contributed by atoms with Crippen molar-refractivity contribution in [3.8, 4) is 0 Å². The quantitative estimate of drug-likeness (QED) is 0.279. The first-order chi connectivity index (χ1) is 13.1. The number of rotatable bonds is 6. The molecule has 0 fully saturated rings. The van der Waals surface area contributed by atoms with Crippen molar-refractivity contribution in [3.05, 3.63) is 71.0 Å². The van der Waals surface area contributed by atoms with E-state index in [2.05, 4.69) is 15.6 Å². The van der Waals surface area contributed by atoms with Gasteiger partial charge in [-0.1, -0.05) is 30.3 Å². The topological polar surface area (TPSA) is 73.8 Å². The molecule has 0 spiro atoms. The number of halogens is 2. The molecule has 2 N–H and O–H groups in total. The van der Waals surface area contributed by atoms with Gasteiger partial charge in [-0.2, -0.15) is 0 Å². The maximum Gasteiger partial charge on any atom is 0.261 e. The van der Waals surface area contributed by atoms with Gasteiger partial charge in [0.1, 0.15) is 5.82 Å². The largest absolute Gasteiger partial charge is 0.357 e. The third-order valence-corrected chi connectivity index (χ3v) is 4.22. The zero-order valence-electron chi connectivity index (χ0n) is 15.4. The summed E-state index contributed by atoms with van der Waals surface area (Å²) < 4.78 is 13.7. The fourth-order valence-electron chi connectivity index (χ4n) is 2.86. The van der Waals surface area contributed by atoms with E-state index < -0.39 is 0 Å². The fourth-order valence-corrected chi connectivity index (χ4v) is 2.86. The molecule has 3 rings (SSSR count). The van der Waals surface area contributed by atoms with Crippen LogP contribution in [0.15, 0.2) is 53.5 Å². The first kappa shape index (κ1) is 21.8. The lowest BCUT2D eigenvalue weighted by Crippen LogP contribution is -2.43. The first-order valence-corrected chi connectivity index (χ1v) is 8.82. The average Bonchev–Trinajstić information content (AvgIpc) is 2.92. The smallest absolute Gasteiger partial charge is 0.261 e. The van der Waals surface area contributed by atoms with E-state index in [0.29, 0.717) is 35.7 Å². The molecule has 2 aromatic carbocycles. The van der Waals surface area contributed by atoms with Gasteiger partial charge in [0.15, 0.2) is 5.96 Å². The van der Waals surface area contributed by atoms with E-state index in [-0.39, 0.29) is 54.7 Å². The summed E-state index contributed by atoms with van der Waals surface area (Å²) in [6.45, 7) is 3.31. The molecule has 0 aromatic heterocycles. The van der Waals surface area contributed by atoms with Crippen LogP contribution in [0, 0.1) is 5.82 Å². The summed E-state index contributed by atoms with van der Waals surface area (Å²) in [5.74, 6) is -0.378. The van der Waals surface area contributed by atoms with E-state index in [9.17, 15) is 14.0 Å². The van der Waals surface area contributed by atoms with Crippen LogP contribution in [0.25, 0.3) is 0 Å². The summed E-state index contributed by atoms with van der Waals surface area (Å²) in [6.07, 6.45) is 0. The molecule has 0 radical (unpaired) electrons. The third kappa shape index (κ3) is 4.86. The zero-order chi connectivity index (χ0) is 19.2. The molecule has 0 bridgehead atoms. The van der Waals surface area contributed by atoms with Crippen molar-refractivity contribution < 1.29 is 14.0 Å². The number of aliphatic imine (C=N–C) groups is 1. The highest BCUT2D eigenvalue weighted by Crippen LogP contribution is 2.21. The van der Waals surface area contributed by atoms with Crippen LogP contribution in [0.5, 0.6) is 0 Å². The fraction of sp³-hybridized carbons (Fsp3) is 0.250. The molecule has 148 valence electrons. The maximum absolute atomic E-state index is 13.7. The third-order valence-electron chi connectivity index (χ3n) is 4.22. The number of benzene rings is 2. The van der Waals surface area contributed by atoms with Gasteiger partial charge in [-0.3, -0.25) is 14.5 Å². The van der Waals surface area contributed by atoms with Crippen LogP contribution in [0.2, 0.25) is 0 Å². The molecule has 0 saturated carbocycles. The van der Waals surface area contributed by atoms with E-state index in [4.69, 9.17) is 0 Å². The van der Waals surface area contributed by atoms with Crippen molar-refractivity contribution in [1.29, 1.82) is 0 Å². The Morgan fingerprint density at radius 3 is 2.21 bits per heavy atom. The van der Waals surface area contributed by atoms with Crippen LogP contribution in [-0.2, 0) is 6.54 Å². The van der Waals surface area contributed by atoms with Crippen LogP contribution in [-0.4, -0.2) is 42.3 Å². The van der Waals surface area contributed by atoms with Gasteiger partial charge < -0.3 is 10.6 Å². The Labute approximate surface area is 180 Å². The van der Waals surface area contributed by atoms with Gasteiger partial charge >= 0.3 is 0 Å². The molecular formula is C20H22FIN4O2. The van der Waals surface area contributed by atoms with Crippen LogP contribution in [0.1, 0.15) is 33.2 Å². The molecule has 1 aliphatic rings. The van der Waals surface area contributed by atoms with Crippen LogP contribution in [0.3, 0.4) is 0 Å². The predicted octanol–water partition coefficient (Wildman–Crippen LogP) is 2.80. The Bertz CT molecular complexity index is 853. The van der Waals surface area contributed by atoms with Crippen molar-refractivity contribution in [2.45, 2.75) is 13.5 Å². The monoisotopic (exact) mass is 496 g/mol. The number of nitrogens with zero attached hydrogens (tertiary/aromatic N) is 2. The molecule has 1 heterocycles. The maximum atomic E-state index is 13.7. The van der Waals surface area contributed by atoms with Crippen LogP contribution >= 0.6 is 24.0 Å². The molecule has 0 unspecified atom stereocenters. The van der Waals surface area contributed by atoms with Crippen LogP contribution in [0.4, 0.5) is 4.39 Å². The second-order valence-electron chi connectivity index (χ2n) is 6.02. The lowest BCUT2D eigenvalue weighted by molar-refractivity contribution is 0.0657. The molecule has 0 saturated heterocycles. The van der Waals surface area contributed by atoms with E-state index >= 15 is 0 Å². The van der Waals surface area contributed by atoms with Gasteiger partial charge in [-0.05, 0) is 25.1 Å². The Morgan fingerprint density at radius 1 is 1.00 bits per heavy atom. The molecule has 0 aliphatic carbocycles. The van der Waals surface area contributed by atoms with Crippen molar-refractivity contribution >= 4 is 41.8 Å². The summed E-state index contributed by atoms with van der Waals surface area (Å²) >= 11 is 0. The van der Waals surface area contributed by atoms with E-state index in [1.807, 2.05) is 6.92 Å². The lowest BCUT2D eigenvalue weighted by atomic mass is 10.1. The normalized spacial score (nSPS) is 13.2. The standard InChI is InChI=1S/C20H21FN4O2.HI/c1-2-22-20(24-13-14-7-3-6-10-17(14)21)23-11-12-25-18(26)15-8-4-5-9-16(15)19(25)27;/h3-10H,2,11-13H2,1H3,(H2,22,23,24);1H. The van der Waals surface area contributed by atoms with Crippen molar-refractivity contribution in [3.63, 3.8) is 0 Å². The van der Waals surface area contributed by atoms with Crippen LogP contribution < -0.4 is 10.6 Å². The molecule has 1 aliphatic heterocycles. The number of amides is 2. The highest BCUT2D eigenvalue weighted by molar-refractivity contribution is 14.0. The Morgan fingerprint density at radius 2 is 1.61 bits per heavy atom. The highest BCUT2D eigenvalue weighted by Gasteiger charge is 2.34. The summed E-state index contributed by atoms with van der Waals surface area (Å²) in [5, 5.41) is 6.14. The summed E-state index contributed by atoms with van der Waals surface area (Å²) in [7, 11) is 0. The number of imide groups is 1.